The molecule has 2 aromatic rings. The monoisotopic (exact) mass is 219 g/mol. The molecule has 0 aliphatic rings. The lowest BCUT2D eigenvalue weighted by Gasteiger charge is -2.15. The van der Waals surface area contributed by atoms with Gasteiger partial charge in [0.2, 0.25) is 0 Å². The summed E-state index contributed by atoms with van der Waals surface area (Å²) in [5.74, 6) is 0.631. The van der Waals surface area contributed by atoms with E-state index in [1.165, 1.54) is 6.07 Å². The van der Waals surface area contributed by atoms with Crippen LogP contribution in [0.4, 0.5) is 10.1 Å². The Morgan fingerprint density at radius 3 is 2.75 bits per heavy atom. The van der Waals surface area contributed by atoms with Crippen molar-refractivity contribution in [1.82, 2.24) is 9.55 Å². The van der Waals surface area contributed by atoms with Crippen LogP contribution in [0.25, 0.3) is 0 Å². The minimum atomic E-state index is -0.247. The Hall–Kier alpha value is -1.84. The highest BCUT2D eigenvalue weighted by molar-refractivity contribution is 5.45. The molecule has 0 aliphatic carbocycles. The minimum Gasteiger partial charge on any atom is -0.373 e. The minimum absolute atomic E-state index is 0.0306. The van der Waals surface area contributed by atoms with Crippen molar-refractivity contribution in [2.45, 2.75) is 13.0 Å². The molecule has 3 nitrogen and oxygen atoms in total. The number of hydrogen-bond donors (Lipinski definition) is 1. The van der Waals surface area contributed by atoms with Crippen LogP contribution in [-0.4, -0.2) is 9.55 Å². The van der Waals surface area contributed by atoms with Crippen molar-refractivity contribution in [2.24, 2.45) is 7.05 Å². The van der Waals surface area contributed by atoms with Crippen molar-refractivity contribution in [3.05, 3.63) is 48.3 Å². The number of imidazole rings is 1. The average Bonchev–Trinajstić information content (AvgIpc) is 2.68. The van der Waals surface area contributed by atoms with Crippen LogP contribution >= 0.6 is 0 Å². The highest BCUT2D eigenvalue weighted by Crippen LogP contribution is 2.19. The molecule has 0 amide bonds. The summed E-state index contributed by atoms with van der Waals surface area (Å²) in [5.41, 5.74) is 0.498. The van der Waals surface area contributed by atoms with Gasteiger partial charge in [-0.15, -0.1) is 0 Å². The first kappa shape index (κ1) is 10.7. The standard InChI is InChI=1S/C12H14FN3/c1-9(12-14-7-8-16(12)2)15-11-6-4-3-5-10(11)13/h3-9,15H,1-2H3. The summed E-state index contributed by atoms with van der Waals surface area (Å²) in [5, 5.41) is 3.10. The molecule has 0 fully saturated rings. The summed E-state index contributed by atoms with van der Waals surface area (Å²) < 4.78 is 15.3. The summed E-state index contributed by atoms with van der Waals surface area (Å²) >= 11 is 0. The van der Waals surface area contributed by atoms with Crippen LogP contribution < -0.4 is 5.32 Å². The number of aromatic nitrogens is 2. The maximum Gasteiger partial charge on any atom is 0.146 e. The molecule has 0 saturated heterocycles. The number of benzene rings is 1. The zero-order chi connectivity index (χ0) is 11.5. The van der Waals surface area contributed by atoms with E-state index in [0.29, 0.717) is 5.69 Å². The first-order chi connectivity index (χ1) is 7.68. The molecule has 1 atom stereocenters. The third kappa shape index (κ3) is 2.05. The number of para-hydroxylation sites is 1. The van der Waals surface area contributed by atoms with E-state index in [4.69, 9.17) is 0 Å². The zero-order valence-corrected chi connectivity index (χ0v) is 9.31. The van der Waals surface area contributed by atoms with E-state index in [2.05, 4.69) is 10.3 Å². The van der Waals surface area contributed by atoms with Crippen LogP contribution in [0, 0.1) is 5.82 Å². The van der Waals surface area contributed by atoms with Gasteiger partial charge in [0.15, 0.2) is 0 Å². The van der Waals surface area contributed by atoms with Gasteiger partial charge in [0.05, 0.1) is 11.7 Å². The predicted molar refractivity (Wildman–Crippen MR) is 61.6 cm³/mol. The quantitative estimate of drug-likeness (QED) is 0.860. The molecule has 1 aromatic heterocycles. The number of rotatable bonds is 3. The Balaban J connectivity index is 2.17. The molecule has 1 aromatic carbocycles. The number of nitrogens with zero attached hydrogens (tertiary/aromatic N) is 2. The fraction of sp³-hybridized carbons (Fsp3) is 0.250. The molecule has 0 saturated carbocycles. The van der Waals surface area contributed by atoms with Crippen LogP contribution in [0.2, 0.25) is 0 Å². The molecule has 4 heteroatoms. The van der Waals surface area contributed by atoms with Gasteiger partial charge in [-0.2, -0.15) is 0 Å². The van der Waals surface area contributed by atoms with Crippen LogP contribution in [0.15, 0.2) is 36.7 Å². The second kappa shape index (κ2) is 4.35. The summed E-state index contributed by atoms with van der Waals surface area (Å²) in [4.78, 5) is 4.22. The fourth-order valence-corrected chi connectivity index (χ4v) is 1.67. The van der Waals surface area contributed by atoms with Crippen LogP contribution in [0.3, 0.4) is 0 Å². The molecular formula is C12H14FN3. The van der Waals surface area contributed by atoms with Crippen LogP contribution in [0.5, 0.6) is 0 Å². The second-order valence-electron chi connectivity index (χ2n) is 3.74. The highest BCUT2D eigenvalue weighted by Gasteiger charge is 2.11. The molecule has 1 unspecified atom stereocenters. The normalized spacial score (nSPS) is 12.4. The molecule has 84 valence electrons. The lowest BCUT2D eigenvalue weighted by atomic mass is 10.2. The lowest BCUT2D eigenvalue weighted by Crippen LogP contribution is -2.12. The lowest BCUT2D eigenvalue weighted by molar-refractivity contribution is 0.624. The summed E-state index contributed by atoms with van der Waals surface area (Å²) in [6.07, 6.45) is 3.60. The van der Waals surface area contributed by atoms with Crippen molar-refractivity contribution in [3.63, 3.8) is 0 Å². The number of anilines is 1. The topological polar surface area (TPSA) is 29.9 Å². The van der Waals surface area contributed by atoms with E-state index in [1.54, 1.807) is 24.4 Å². The fourth-order valence-electron chi connectivity index (χ4n) is 1.67. The molecule has 0 aliphatic heterocycles. The molecule has 0 spiro atoms. The van der Waals surface area contributed by atoms with E-state index >= 15 is 0 Å². The Morgan fingerprint density at radius 1 is 1.38 bits per heavy atom. The van der Waals surface area contributed by atoms with Gasteiger partial charge in [0.25, 0.3) is 0 Å². The molecule has 0 radical (unpaired) electrons. The third-order valence-electron chi connectivity index (χ3n) is 2.49. The van der Waals surface area contributed by atoms with Crippen molar-refractivity contribution < 1.29 is 4.39 Å². The van der Waals surface area contributed by atoms with E-state index < -0.39 is 0 Å². The summed E-state index contributed by atoms with van der Waals surface area (Å²) in [7, 11) is 1.92. The Morgan fingerprint density at radius 2 is 2.12 bits per heavy atom. The van der Waals surface area contributed by atoms with E-state index in [9.17, 15) is 4.39 Å². The van der Waals surface area contributed by atoms with E-state index in [1.807, 2.05) is 24.7 Å². The molecule has 1 heterocycles. The molecule has 2 rings (SSSR count). The first-order valence-corrected chi connectivity index (χ1v) is 5.17. The molecule has 1 N–H and O–H groups in total. The van der Waals surface area contributed by atoms with Crippen molar-refractivity contribution in [3.8, 4) is 0 Å². The maximum absolute atomic E-state index is 13.4. The summed E-state index contributed by atoms with van der Waals surface area (Å²) in [6.45, 7) is 1.95. The number of hydrogen-bond acceptors (Lipinski definition) is 2. The van der Waals surface area contributed by atoms with Crippen molar-refractivity contribution in [2.75, 3.05) is 5.32 Å². The smallest absolute Gasteiger partial charge is 0.146 e. The van der Waals surface area contributed by atoms with Crippen LogP contribution in [0.1, 0.15) is 18.8 Å². The first-order valence-electron chi connectivity index (χ1n) is 5.17. The van der Waals surface area contributed by atoms with Gasteiger partial charge in [-0.1, -0.05) is 12.1 Å². The Bertz CT molecular complexity index is 479. The largest absolute Gasteiger partial charge is 0.373 e. The van der Waals surface area contributed by atoms with Gasteiger partial charge in [-0.3, -0.25) is 0 Å². The molecule has 16 heavy (non-hydrogen) atoms. The second-order valence-corrected chi connectivity index (χ2v) is 3.74. The number of nitrogens with one attached hydrogen (secondary N) is 1. The molecular weight excluding hydrogens is 205 g/mol. The number of aryl methyl sites for hydroxylation is 1. The average molecular weight is 219 g/mol. The van der Waals surface area contributed by atoms with Gasteiger partial charge in [-0.25, -0.2) is 9.37 Å². The van der Waals surface area contributed by atoms with Gasteiger partial charge in [-0.05, 0) is 19.1 Å². The van der Waals surface area contributed by atoms with Crippen LogP contribution in [-0.2, 0) is 7.05 Å². The van der Waals surface area contributed by atoms with Crippen molar-refractivity contribution >= 4 is 5.69 Å². The maximum atomic E-state index is 13.4. The van der Waals surface area contributed by atoms with Gasteiger partial charge in [0.1, 0.15) is 11.6 Å². The predicted octanol–water partition coefficient (Wildman–Crippen LogP) is 2.73. The number of halogens is 1. The van der Waals surface area contributed by atoms with Gasteiger partial charge in [0, 0.05) is 19.4 Å². The van der Waals surface area contributed by atoms with Crippen molar-refractivity contribution in [1.29, 1.82) is 0 Å². The van der Waals surface area contributed by atoms with Gasteiger partial charge >= 0.3 is 0 Å². The Labute approximate surface area is 93.9 Å². The molecule has 0 bridgehead atoms. The van der Waals surface area contributed by atoms with E-state index in [0.717, 1.165) is 5.82 Å². The Kier molecular flexibility index (Phi) is 2.90. The van der Waals surface area contributed by atoms with E-state index in [-0.39, 0.29) is 11.9 Å². The zero-order valence-electron chi connectivity index (χ0n) is 9.31. The highest BCUT2D eigenvalue weighted by atomic mass is 19.1. The van der Waals surface area contributed by atoms with Gasteiger partial charge < -0.3 is 9.88 Å². The third-order valence-corrected chi connectivity index (χ3v) is 2.49. The summed E-state index contributed by atoms with van der Waals surface area (Å²) in [6, 6.07) is 6.60. The SMILES string of the molecule is CC(Nc1ccccc1F)c1nccn1C.